The Morgan fingerprint density at radius 1 is 1.09 bits per heavy atom. The molecule has 0 aliphatic carbocycles. The molecule has 2 aromatic rings. The van der Waals surface area contributed by atoms with Crippen molar-refractivity contribution in [3.63, 3.8) is 0 Å². The van der Waals surface area contributed by atoms with Crippen molar-refractivity contribution in [2.75, 3.05) is 14.2 Å². The highest BCUT2D eigenvalue weighted by Crippen LogP contribution is 2.37. The predicted molar refractivity (Wildman–Crippen MR) is 87.3 cm³/mol. The molecule has 0 bridgehead atoms. The topological polar surface area (TPSA) is 65.0 Å². The zero-order valence-electron chi connectivity index (χ0n) is 12.6. The van der Waals surface area contributed by atoms with Crippen LogP contribution in [-0.4, -0.2) is 25.3 Å². The molecule has 0 aliphatic heterocycles. The summed E-state index contributed by atoms with van der Waals surface area (Å²) in [7, 11) is 2.85. The summed E-state index contributed by atoms with van der Waals surface area (Å²) >= 11 is 5.76. The molecule has 0 fully saturated rings. The van der Waals surface area contributed by atoms with Crippen LogP contribution in [0.2, 0.25) is 5.02 Å². The Kier molecular flexibility index (Phi) is 5.49. The van der Waals surface area contributed by atoms with Gasteiger partial charge in [0, 0.05) is 11.1 Å². The number of rotatable bonds is 5. The van der Waals surface area contributed by atoms with Gasteiger partial charge >= 0.3 is 5.97 Å². The number of hydrogen-bond acceptors (Lipinski definition) is 5. The molecule has 0 aromatic heterocycles. The third-order valence-corrected chi connectivity index (χ3v) is 3.20. The zero-order valence-corrected chi connectivity index (χ0v) is 13.3. The van der Waals surface area contributed by atoms with Crippen molar-refractivity contribution in [1.82, 2.24) is 0 Å². The maximum absolute atomic E-state index is 11.8. The highest BCUT2D eigenvalue weighted by molar-refractivity contribution is 6.30. The van der Waals surface area contributed by atoms with Crippen LogP contribution in [0.4, 0.5) is 0 Å². The number of ether oxygens (including phenoxy) is 3. The normalized spacial score (nSPS) is 10.6. The van der Waals surface area contributed by atoms with Gasteiger partial charge in [-0.05, 0) is 48.0 Å². The molecular formula is C17H15ClO5. The van der Waals surface area contributed by atoms with Crippen LogP contribution in [0.15, 0.2) is 42.5 Å². The summed E-state index contributed by atoms with van der Waals surface area (Å²) in [6.07, 6.45) is 2.79. The highest BCUT2D eigenvalue weighted by atomic mass is 35.5. The average molecular weight is 335 g/mol. The molecule has 0 radical (unpaired) electrons. The van der Waals surface area contributed by atoms with Crippen molar-refractivity contribution in [3.8, 4) is 23.0 Å². The molecule has 0 saturated carbocycles. The third-order valence-electron chi connectivity index (χ3n) is 2.95. The summed E-state index contributed by atoms with van der Waals surface area (Å²) < 4.78 is 15.2. The molecule has 0 aliphatic rings. The Balaban J connectivity index is 2.12. The molecule has 0 saturated heterocycles. The highest BCUT2D eigenvalue weighted by Gasteiger charge is 2.10. The van der Waals surface area contributed by atoms with Gasteiger partial charge in [-0.1, -0.05) is 11.6 Å². The standard InChI is InChI=1S/C17H15ClO5/c1-21-14-9-11(10-15(22-2)17(14)20)3-8-16(19)23-13-6-4-12(18)5-7-13/h3-10,20H,1-2H3/b8-3+. The molecule has 1 N–H and O–H groups in total. The molecule has 2 aromatic carbocycles. The molecule has 0 spiro atoms. The number of methoxy groups -OCH3 is 2. The van der Waals surface area contributed by atoms with Crippen LogP contribution in [0.3, 0.4) is 0 Å². The Morgan fingerprint density at radius 3 is 2.17 bits per heavy atom. The van der Waals surface area contributed by atoms with Crippen molar-refractivity contribution in [2.45, 2.75) is 0 Å². The van der Waals surface area contributed by atoms with E-state index in [1.807, 2.05) is 0 Å². The van der Waals surface area contributed by atoms with Gasteiger partial charge in [-0.15, -0.1) is 0 Å². The monoisotopic (exact) mass is 334 g/mol. The van der Waals surface area contributed by atoms with Gasteiger partial charge in [0.2, 0.25) is 5.75 Å². The molecule has 2 rings (SSSR count). The molecule has 0 amide bonds. The molecule has 6 heteroatoms. The van der Waals surface area contributed by atoms with Crippen LogP contribution in [0.5, 0.6) is 23.0 Å². The molecule has 120 valence electrons. The predicted octanol–water partition coefficient (Wildman–Crippen LogP) is 3.68. The maximum Gasteiger partial charge on any atom is 0.336 e. The Labute approximate surface area is 138 Å². The minimum absolute atomic E-state index is 0.101. The summed E-state index contributed by atoms with van der Waals surface area (Å²) in [6, 6.07) is 9.60. The number of esters is 1. The Morgan fingerprint density at radius 2 is 1.65 bits per heavy atom. The van der Waals surface area contributed by atoms with E-state index in [-0.39, 0.29) is 17.2 Å². The lowest BCUT2D eigenvalue weighted by Gasteiger charge is -2.09. The number of phenolic OH excluding ortho intramolecular Hbond substituents is 1. The molecule has 0 unspecified atom stereocenters. The van der Waals surface area contributed by atoms with Crippen molar-refractivity contribution in [3.05, 3.63) is 53.1 Å². The summed E-state index contributed by atoms with van der Waals surface area (Å²) in [4.78, 5) is 11.8. The smallest absolute Gasteiger partial charge is 0.336 e. The van der Waals surface area contributed by atoms with Gasteiger partial charge in [0.25, 0.3) is 0 Å². The number of hydrogen-bond donors (Lipinski definition) is 1. The fourth-order valence-corrected chi connectivity index (χ4v) is 1.95. The molecule has 0 atom stereocenters. The van der Waals surface area contributed by atoms with Gasteiger partial charge < -0.3 is 19.3 Å². The van der Waals surface area contributed by atoms with Crippen LogP contribution >= 0.6 is 11.6 Å². The van der Waals surface area contributed by atoms with Gasteiger partial charge in [-0.2, -0.15) is 0 Å². The molecule has 23 heavy (non-hydrogen) atoms. The van der Waals surface area contributed by atoms with Gasteiger partial charge in [0.15, 0.2) is 11.5 Å². The van der Waals surface area contributed by atoms with Gasteiger partial charge in [-0.3, -0.25) is 0 Å². The average Bonchev–Trinajstić information content (AvgIpc) is 2.56. The second-order valence-electron chi connectivity index (χ2n) is 4.48. The molecular weight excluding hydrogens is 320 g/mol. The second kappa shape index (κ2) is 7.56. The van der Waals surface area contributed by atoms with E-state index in [9.17, 15) is 9.90 Å². The van der Waals surface area contributed by atoms with E-state index in [1.54, 1.807) is 36.4 Å². The summed E-state index contributed by atoms with van der Waals surface area (Å²) in [5.41, 5.74) is 0.615. The minimum Gasteiger partial charge on any atom is -0.502 e. The van der Waals surface area contributed by atoms with Crippen LogP contribution in [0, 0.1) is 0 Å². The number of phenols is 1. The summed E-state index contributed by atoms with van der Waals surface area (Å²) in [6.45, 7) is 0. The molecule has 5 nitrogen and oxygen atoms in total. The first-order chi connectivity index (χ1) is 11.0. The lowest BCUT2D eigenvalue weighted by molar-refractivity contribution is -0.128. The van der Waals surface area contributed by atoms with E-state index in [0.29, 0.717) is 16.3 Å². The number of benzene rings is 2. The first-order valence-corrected chi connectivity index (χ1v) is 7.01. The number of aromatic hydroxyl groups is 1. The van der Waals surface area contributed by atoms with Gasteiger partial charge in [-0.25, -0.2) is 4.79 Å². The van der Waals surface area contributed by atoms with E-state index in [0.717, 1.165) is 0 Å². The van der Waals surface area contributed by atoms with E-state index in [2.05, 4.69) is 0 Å². The van der Waals surface area contributed by atoms with Crippen LogP contribution < -0.4 is 14.2 Å². The number of carbonyl (C=O) groups excluding carboxylic acids is 1. The SMILES string of the molecule is COc1cc(/C=C/C(=O)Oc2ccc(Cl)cc2)cc(OC)c1O. The van der Waals surface area contributed by atoms with Crippen molar-refractivity contribution < 1.29 is 24.1 Å². The zero-order chi connectivity index (χ0) is 16.8. The van der Waals surface area contributed by atoms with E-state index >= 15 is 0 Å². The quantitative estimate of drug-likeness (QED) is 0.513. The van der Waals surface area contributed by atoms with E-state index in [1.165, 1.54) is 26.4 Å². The van der Waals surface area contributed by atoms with Crippen LogP contribution in [-0.2, 0) is 4.79 Å². The molecule has 0 heterocycles. The largest absolute Gasteiger partial charge is 0.502 e. The Bertz CT molecular complexity index is 697. The van der Waals surface area contributed by atoms with Crippen LogP contribution in [0.1, 0.15) is 5.56 Å². The van der Waals surface area contributed by atoms with E-state index in [4.69, 9.17) is 25.8 Å². The lowest BCUT2D eigenvalue weighted by Crippen LogP contribution is -2.03. The van der Waals surface area contributed by atoms with Crippen molar-refractivity contribution in [2.24, 2.45) is 0 Å². The number of carbonyl (C=O) groups is 1. The first-order valence-electron chi connectivity index (χ1n) is 6.64. The Hall–Kier alpha value is -2.66. The lowest BCUT2D eigenvalue weighted by atomic mass is 10.1. The third kappa shape index (κ3) is 4.40. The summed E-state index contributed by atoms with van der Waals surface area (Å²) in [5, 5.41) is 10.4. The fourth-order valence-electron chi connectivity index (χ4n) is 1.83. The van der Waals surface area contributed by atoms with Crippen LogP contribution in [0.25, 0.3) is 6.08 Å². The first kappa shape index (κ1) is 16.7. The summed E-state index contributed by atoms with van der Waals surface area (Å²) in [5.74, 6) is 0.240. The fraction of sp³-hybridized carbons (Fsp3) is 0.118. The second-order valence-corrected chi connectivity index (χ2v) is 4.92. The number of halogens is 1. The van der Waals surface area contributed by atoms with Crippen molar-refractivity contribution >= 4 is 23.6 Å². The van der Waals surface area contributed by atoms with Crippen molar-refractivity contribution in [1.29, 1.82) is 0 Å². The van der Waals surface area contributed by atoms with E-state index < -0.39 is 5.97 Å². The maximum atomic E-state index is 11.8. The van der Waals surface area contributed by atoms with Gasteiger partial charge in [0.1, 0.15) is 5.75 Å². The van der Waals surface area contributed by atoms with Gasteiger partial charge in [0.05, 0.1) is 14.2 Å². The minimum atomic E-state index is -0.543.